The van der Waals surface area contributed by atoms with Gasteiger partial charge in [-0.05, 0) is 32.9 Å². The normalized spacial score (nSPS) is 21.5. The molecule has 1 aliphatic rings. The van der Waals surface area contributed by atoms with Gasteiger partial charge in [0.1, 0.15) is 0 Å². The van der Waals surface area contributed by atoms with Gasteiger partial charge >= 0.3 is 0 Å². The summed E-state index contributed by atoms with van der Waals surface area (Å²) in [5.74, 6) is 0.725. The summed E-state index contributed by atoms with van der Waals surface area (Å²) in [5, 5.41) is 3.91. The van der Waals surface area contributed by atoms with E-state index in [-0.39, 0.29) is 0 Å². The number of hydrogen-bond donors (Lipinski definition) is 1. The Kier molecular flexibility index (Phi) is 7.14. The first-order chi connectivity index (χ1) is 8.09. The number of hydrogen-bond acceptors (Lipinski definition) is 2. The van der Waals surface area contributed by atoms with Crippen molar-refractivity contribution in [2.24, 2.45) is 5.92 Å². The summed E-state index contributed by atoms with van der Waals surface area (Å²) in [6.07, 6.45) is 9.95. The van der Waals surface area contributed by atoms with Crippen molar-refractivity contribution in [2.75, 3.05) is 20.6 Å². The maximum atomic E-state index is 3.91. The largest absolute Gasteiger partial charge is 0.310 e. The molecule has 1 fully saturated rings. The lowest BCUT2D eigenvalue weighted by Crippen LogP contribution is -2.47. The molecule has 0 aliphatic heterocycles. The van der Waals surface area contributed by atoms with Crippen molar-refractivity contribution in [3.05, 3.63) is 0 Å². The van der Waals surface area contributed by atoms with Crippen molar-refractivity contribution in [1.82, 2.24) is 10.2 Å². The summed E-state index contributed by atoms with van der Waals surface area (Å²) in [4.78, 5) is 2.31. The molecule has 1 N–H and O–H groups in total. The van der Waals surface area contributed by atoms with Crippen LogP contribution in [0.4, 0.5) is 0 Å². The van der Waals surface area contributed by atoms with Crippen LogP contribution in [0, 0.1) is 5.92 Å². The van der Waals surface area contributed by atoms with Gasteiger partial charge in [-0.3, -0.25) is 0 Å². The molecule has 0 saturated heterocycles. The Bertz CT molecular complexity index is 181. The minimum absolute atomic E-state index is 0.648. The minimum Gasteiger partial charge on any atom is -0.310 e. The first-order valence-electron chi connectivity index (χ1n) is 7.50. The Morgan fingerprint density at radius 2 is 1.53 bits per heavy atom. The SMILES string of the molecule is CC(C)C(CN(C)C)NC1CCCCCCC1. The first-order valence-corrected chi connectivity index (χ1v) is 7.50. The Morgan fingerprint density at radius 1 is 1.00 bits per heavy atom. The fraction of sp³-hybridized carbons (Fsp3) is 1.00. The molecule has 0 bridgehead atoms. The van der Waals surface area contributed by atoms with Crippen LogP contribution >= 0.6 is 0 Å². The van der Waals surface area contributed by atoms with Crippen molar-refractivity contribution >= 4 is 0 Å². The highest BCUT2D eigenvalue weighted by molar-refractivity contribution is 4.79. The third-order valence-corrected chi connectivity index (χ3v) is 3.92. The van der Waals surface area contributed by atoms with Crippen molar-refractivity contribution in [2.45, 2.75) is 70.9 Å². The van der Waals surface area contributed by atoms with E-state index in [9.17, 15) is 0 Å². The van der Waals surface area contributed by atoms with Crippen LogP contribution in [0.3, 0.4) is 0 Å². The van der Waals surface area contributed by atoms with Gasteiger partial charge < -0.3 is 10.2 Å². The van der Waals surface area contributed by atoms with E-state index >= 15 is 0 Å². The summed E-state index contributed by atoms with van der Waals surface area (Å²) in [6, 6.07) is 1.41. The molecule has 17 heavy (non-hydrogen) atoms. The zero-order valence-corrected chi connectivity index (χ0v) is 12.3. The Balaban J connectivity index is 2.40. The molecule has 1 atom stereocenters. The number of nitrogens with one attached hydrogen (secondary N) is 1. The lowest BCUT2D eigenvalue weighted by Gasteiger charge is -2.31. The van der Waals surface area contributed by atoms with Crippen LogP contribution < -0.4 is 5.32 Å². The van der Waals surface area contributed by atoms with Crippen molar-refractivity contribution in [3.8, 4) is 0 Å². The van der Waals surface area contributed by atoms with Crippen LogP contribution in [-0.4, -0.2) is 37.6 Å². The lowest BCUT2D eigenvalue weighted by atomic mass is 9.94. The molecule has 2 nitrogen and oxygen atoms in total. The van der Waals surface area contributed by atoms with Crippen LogP contribution in [0.1, 0.15) is 58.8 Å². The zero-order chi connectivity index (χ0) is 12.7. The van der Waals surface area contributed by atoms with Crippen LogP contribution in [0.15, 0.2) is 0 Å². The monoisotopic (exact) mass is 240 g/mol. The van der Waals surface area contributed by atoms with Gasteiger partial charge in [-0.25, -0.2) is 0 Å². The molecule has 0 radical (unpaired) electrons. The summed E-state index contributed by atoms with van der Waals surface area (Å²) in [7, 11) is 4.35. The maximum absolute atomic E-state index is 3.91. The van der Waals surface area contributed by atoms with E-state index in [0.717, 1.165) is 18.5 Å². The van der Waals surface area contributed by atoms with Gasteiger partial charge in [-0.15, -0.1) is 0 Å². The highest BCUT2D eigenvalue weighted by Crippen LogP contribution is 2.18. The van der Waals surface area contributed by atoms with Crippen LogP contribution in [0.25, 0.3) is 0 Å². The van der Waals surface area contributed by atoms with Gasteiger partial charge in [0, 0.05) is 18.6 Å². The Hall–Kier alpha value is -0.0800. The van der Waals surface area contributed by atoms with E-state index in [4.69, 9.17) is 0 Å². The second kappa shape index (κ2) is 8.10. The van der Waals surface area contributed by atoms with Crippen LogP contribution in [-0.2, 0) is 0 Å². The summed E-state index contributed by atoms with van der Waals surface area (Å²) < 4.78 is 0. The molecule has 0 aromatic heterocycles. The zero-order valence-electron chi connectivity index (χ0n) is 12.3. The average Bonchev–Trinajstić information content (AvgIpc) is 2.19. The smallest absolute Gasteiger partial charge is 0.0220 e. The number of nitrogens with zero attached hydrogens (tertiary/aromatic N) is 1. The van der Waals surface area contributed by atoms with E-state index in [1.54, 1.807) is 0 Å². The average molecular weight is 240 g/mol. The van der Waals surface area contributed by atoms with Crippen molar-refractivity contribution in [1.29, 1.82) is 0 Å². The lowest BCUT2D eigenvalue weighted by molar-refractivity contribution is 0.251. The third-order valence-electron chi connectivity index (χ3n) is 3.92. The topological polar surface area (TPSA) is 15.3 Å². The van der Waals surface area contributed by atoms with Crippen molar-refractivity contribution in [3.63, 3.8) is 0 Å². The molecule has 0 aromatic rings. The highest BCUT2D eigenvalue weighted by Gasteiger charge is 2.19. The first kappa shape index (κ1) is 15.0. The molecule has 1 saturated carbocycles. The van der Waals surface area contributed by atoms with Crippen molar-refractivity contribution < 1.29 is 0 Å². The quantitative estimate of drug-likeness (QED) is 0.793. The Labute approximate surface area is 108 Å². The van der Waals surface area contributed by atoms with E-state index in [1.807, 2.05) is 0 Å². The molecule has 1 rings (SSSR count). The fourth-order valence-electron chi connectivity index (χ4n) is 2.77. The molecular weight excluding hydrogens is 208 g/mol. The van der Waals surface area contributed by atoms with Gasteiger partial charge in [0.15, 0.2) is 0 Å². The van der Waals surface area contributed by atoms with Gasteiger partial charge in [0.25, 0.3) is 0 Å². The fourth-order valence-corrected chi connectivity index (χ4v) is 2.77. The van der Waals surface area contributed by atoms with Gasteiger partial charge in [0.2, 0.25) is 0 Å². The van der Waals surface area contributed by atoms with E-state index in [1.165, 1.54) is 44.9 Å². The van der Waals surface area contributed by atoms with E-state index < -0.39 is 0 Å². The van der Waals surface area contributed by atoms with Gasteiger partial charge in [-0.1, -0.05) is 46.0 Å². The predicted molar refractivity (Wildman–Crippen MR) is 76.4 cm³/mol. The Morgan fingerprint density at radius 3 is 2.00 bits per heavy atom. The minimum atomic E-state index is 0.648. The number of likely N-dealkylation sites (N-methyl/N-ethyl adjacent to an activating group) is 1. The molecule has 1 unspecified atom stereocenters. The standard InChI is InChI=1S/C15H32N2/c1-13(2)15(12-17(3)4)16-14-10-8-6-5-7-9-11-14/h13-16H,5-12H2,1-4H3. The summed E-state index contributed by atoms with van der Waals surface area (Å²) in [6.45, 7) is 5.84. The molecule has 0 aromatic carbocycles. The molecule has 0 amide bonds. The van der Waals surface area contributed by atoms with Gasteiger partial charge in [-0.2, -0.15) is 0 Å². The van der Waals surface area contributed by atoms with Gasteiger partial charge in [0.05, 0.1) is 0 Å². The maximum Gasteiger partial charge on any atom is 0.0220 e. The summed E-state index contributed by atoms with van der Waals surface area (Å²) >= 11 is 0. The van der Waals surface area contributed by atoms with E-state index in [0.29, 0.717) is 6.04 Å². The molecule has 0 heterocycles. The third kappa shape index (κ3) is 6.42. The van der Waals surface area contributed by atoms with Crippen LogP contribution in [0.5, 0.6) is 0 Å². The predicted octanol–water partition coefficient (Wildman–Crippen LogP) is 3.28. The second-order valence-corrected chi connectivity index (χ2v) is 6.32. The molecule has 0 spiro atoms. The second-order valence-electron chi connectivity index (χ2n) is 6.32. The number of rotatable bonds is 5. The molecule has 102 valence electrons. The molecular formula is C15H32N2. The highest BCUT2D eigenvalue weighted by atomic mass is 15.1. The van der Waals surface area contributed by atoms with Crippen LogP contribution in [0.2, 0.25) is 0 Å². The molecule has 2 heteroatoms. The molecule has 1 aliphatic carbocycles. The van der Waals surface area contributed by atoms with E-state index in [2.05, 4.69) is 38.2 Å². The summed E-state index contributed by atoms with van der Waals surface area (Å²) in [5.41, 5.74) is 0.